The highest BCUT2D eigenvalue weighted by atomic mass is 16.3. The van der Waals surface area contributed by atoms with Crippen LogP contribution >= 0.6 is 0 Å². The SMILES string of the molecule is Cc1cccc(C)c1-c1cc(-c2ccccc2)c(N2c3ccc(-c4ccccc4)cc3B3c4cc(-c5cccc6c5oc5ccccc56)ccc4N(c4c(-c5ccccc5)cc(-c5c(C)cccc5C)cc4-c4ccccc4)c4cc(C(C)(C)C)cc2c43)c(-c2ccccc2)c1. The Balaban J connectivity index is 1.06. The molecule has 458 valence electrons. The number of rotatable bonds is 10. The zero-order chi connectivity index (χ0) is 64.9. The number of furan rings is 1. The minimum Gasteiger partial charge on any atom is -0.455 e. The molecular formula is C92H71BN2O. The average Bonchev–Trinajstić information content (AvgIpc) is 0.757. The summed E-state index contributed by atoms with van der Waals surface area (Å²) in [5, 5.41) is 2.21. The van der Waals surface area contributed by atoms with Gasteiger partial charge in [-0.25, -0.2) is 0 Å². The highest BCUT2D eigenvalue weighted by Crippen LogP contribution is 2.56. The number of nitrogens with zero attached hydrogens (tertiary/aromatic N) is 2. The van der Waals surface area contributed by atoms with Crippen LogP contribution in [0.25, 0.3) is 111 Å². The Morgan fingerprint density at radius 3 is 1.10 bits per heavy atom. The maximum Gasteiger partial charge on any atom is 0.252 e. The van der Waals surface area contributed by atoms with Crippen molar-refractivity contribution in [1.29, 1.82) is 0 Å². The van der Waals surface area contributed by atoms with Crippen LogP contribution < -0.4 is 26.2 Å². The Hall–Kier alpha value is -11.5. The van der Waals surface area contributed by atoms with Gasteiger partial charge in [-0.15, -0.1) is 0 Å². The third-order valence-corrected chi connectivity index (χ3v) is 20.3. The molecule has 14 aromatic carbocycles. The summed E-state index contributed by atoms with van der Waals surface area (Å²) in [6.45, 7) is 15.9. The first kappa shape index (κ1) is 58.4. The highest BCUT2D eigenvalue weighted by Gasteiger charge is 2.46. The largest absolute Gasteiger partial charge is 0.455 e. The predicted molar refractivity (Wildman–Crippen MR) is 409 cm³/mol. The summed E-state index contributed by atoms with van der Waals surface area (Å²) in [6.07, 6.45) is 0. The molecule has 2 aliphatic rings. The van der Waals surface area contributed by atoms with Gasteiger partial charge in [-0.2, -0.15) is 0 Å². The molecule has 0 unspecified atom stereocenters. The van der Waals surface area contributed by atoms with E-state index in [1.165, 1.54) is 72.0 Å². The van der Waals surface area contributed by atoms with E-state index < -0.39 is 0 Å². The van der Waals surface area contributed by atoms with Gasteiger partial charge in [-0.3, -0.25) is 0 Å². The topological polar surface area (TPSA) is 19.6 Å². The molecule has 0 saturated heterocycles. The number of hydrogen-bond donors (Lipinski definition) is 0. The average molecular weight is 1230 g/mol. The van der Waals surface area contributed by atoms with Gasteiger partial charge >= 0.3 is 0 Å². The van der Waals surface area contributed by atoms with E-state index in [0.717, 1.165) is 117 Å². The predicted octanol–water partition coefficient (Wildman–Crippen LogP) is 23.5. The molecule has 96 heavy (non-hydrogen) atoms. The molecule has 0 radical (unpaired) electrons. The first-order chi connectivity index (χ1) is 46.9. The lowest BCUT2D eigenvalue weighted by atomic mass is 9.33. The Bertz CT molecular complexity index is 5370. The van der Waals surface area contributed by atoms with Gasteiger partial charge in [0, 0.05) is 61.3 Å². The number of benzene rings is 14. The number of hydrogen-bond acceptors (Lipinski definition) is 3. The molecule has 17 rings (SSSR count). The molecular weight excluding hydrogens is 1160 g/mol. The molecule has 0 fully saturated rings. The smallest absolute Gasteiger partial charge is 0.252 e. The van der Waals surface area contributed by atoms with E-state index in [9.17, 15) is 0 Å². The van der Waals surface area contributed by atoms with Crippen LogP contribution in [0, 0.1) is 27.7 Å². The van der Waals surface area contributed by atoms with E-state index in [1.54, 1.807) is 0 Å². The van der Waals surface area contributed by atoms with Crippen LogP contribution in [0.15, 0.2) is 308 Å². The highest BCUT2D eigenvalue weighted by molar-refractivity contribution is 7.00. The Morgan fingerprint density at radius 1 is 0.292 bits per heavy atom. The van der Waals surface area contributed by atoms with Crippen LogP contribution in [-0.2, 0) is 5.41 Å². The van der Waals surface area contributed by atoms with E-state index in [4.69, 9.17) is 4.42 Å². The first-order valence-electron chi connectivity index (χ1n) is 33.7. The fraction of sp³-hybridized carbons (Fsp3) is 0.0870. The summed E-state index contributed by atoms with van der Waals surface area (Å²) < 4.78 is 6.96. The van der Waals surface area contributed by atoms with Crippen molar-refractivity contribution < 1.29 is 4.42 Å². The van der Waals surface area contributed by atoms with E-state index in [1.807, 2.05) is 0 Å². The van der Waals surface area contributed by atoms with E-state index in [2.05, 4.69) is 362 Å². The van der Waals surface area contributed by atoms with Crippen LogP contribution in [0.3, 0.4) is 0 Å². The standard InChI is InChI=1S/C92H71BN2O/c1-58-28-25-29-59(2)86(58)69-50-75(63-34-15-9-16-35-63)89(76(51-69)64-36-17-10-18-37-64)94-81-48-46-67(62-32-13-8-14-33-62)54-79(81)93-80-55-68(72-43-27-44-74-73-42-23-24-45-85(73)96-91(72)74)47-49-82(80)95(84-57-71(92(5,6)7)56-83(94)88(84)93)90-77(65-38-19-11-20-39-65)52-70(87-60(3)30-26-31-61(87)4)53-78(90)66-40-21-12-22-41-66/h8-57H,1-7H3. The molecule has 0 bridgehead atoms. The van der Waals surface area contributed by atoms with Crippen molar-refractivity contribution in [2.45, 2.75) is 53.9 Å². The maximum atomic E-state index is 6.96. The molecule has 0 amide bonds. The van der Waals surface area contributed by atoms with Gasteiger partial charge < -0.3 is 14.2 Å². The molecule has 0 aliphatic carbocycles. The molecule has 0 atom stereocenters. The summed E-state index contributed by atoms with van der Waals surface area (Å²) in [7, 11) is 0. The Labute approximate surface area is 564 Å². The molecule has 15 aromatic rings. The van der Waals surface area contributed by atoms with Gasteiger partial charge in [0.25, 0.3) is 6.71 Å². The lowest BCUT2D eigenvalue weighted by Crippen LogP contribution is -2.61. The van der Waals surface area contributed by atoms with Crippen LogP contribution in [-0.4, -0.2) is 6.71 Å². The monoisotopic (exact) mass is 1230 g/mol. The minimum atomic E-state index is -0.307. The van der Waals surface area contributed by atoms with Crippen LogP contribution in [0.5, 0.6) is 0 Å². The van der Waals surface area contributed by atoms with E-state index >= 15 is 0 Å². The molecule has 4 heteroatoms. The second-order valence-corrected chi connectivity index (χ2v) is 27.3. The van der Waals surface area contributed by atoms with Crippen molar-refractivity contribution in [1.82, 2.24) is 0 Å². The third kappa shape index (κ3) is 9.73. The lowest BCUT2D eigenvalue weighted by Gasteiger charge is -2.46. The number of anilines is 6. The van der Waals surface area contributed by atoms with Gasteiger partial charge in [0.15, 0.2) is 0 Å². The van der Waals surface area contributed by atoms with Crippen LogP contribution in [0.4, 0.5) is 34.1 Å². The zero-order valence-corrected chi connectivity index (χ0v) is 55.2. The minimum absolute atomic E-state index is 0.261. The van der Waals surface area contributed by atoms with Gasteiger partial charge in [0.1, 0.15) is 11.2 Å². The molecule has 0 spiro atoms. The van der Waals surface area contributed by atoms with Crippen molar-refractivity contribution in [3.63, 3.8) is 0 Å². The van der Waals surface area contributed by atoms with Crippen LogP contribution in [0.2, 0.25) is 0 Å². The van der Waals surface area contributed by atoms with Gasteiger partial charge in [-0.1, -0.05) is 269 Å². The van der Waals surface area contributed by atoms with E-state index in [-0.39, 0.29) is 12.1 Å². The Morgan fingerprint density at radius 2 is 0.667 bits per heavy atom. The van der Waals surface area contributed by atoms with Crippen molar-refractivity contribution in [2.24, 2.45) is 0 Å². The number of fused-ring (bicyclic) bond motifs is 7. The summed E-state index contributed by atoms with van der Waals surface area (Å²) in [5.41, 5.74) is 36.6. The third-order valence-electron chi connectivity index (χ3n) is 20.3. The molecule has 3 heterocycles. The zero-order valence-electron chi connectivity index (χ0n) is 55.2. The summed E-state index contributed by atoms with van der Waals surface area (Å²) in [6, 6.07) is 114. The van der Waals surface area contributed by atoms with Gasteiger partial charge in [0.05, 0.1) is 11.4 Å². The summed E-state index contributed by atoms with van der Waals surface area (Å²) in [4.78, 5) is 5.38. The van der Waals surface area contributed by atoms with Gasteiger partial charge in [0.2, 0.25) is 0 Å². The lowest BCUT2D eigenvalue weighted by molar-refractivity contribution is 0.590. The summed E-state index contributed by atoms with van der Waals surface area (Å²) in [5.74, 6) is 0. The molecule has 2 aliphatic heterocycles. The van der Waals surface area contributed by atoms with Crippen molar-refractivity contribution in [3.8, 4) is 89.0 Å². The first-order valence-corrected chi connectivity index (χ1v) is 33.7. The fourth-order valence-corrected chi connectivity index (χ4v) is 15.8. The van der Waals surface area contributed by atoms with Crippen LogP contribution in [0.1, 0.15) is 48.6 Å². The maximum absolute atomic E-state index is 6.96. The molecule has 0 saturated carbocycles. The number of para-hydroxylation sites is 2. The molecule has 3 nitrogen and oxygen atoms in total. The quantitative estimate of drug-likeness (QED) is 0.127. The molecule has 1 aromatic heterocycles. The van der Waals surface area contributed by atoms with Gasteiger partial charge in [-0.05, 0) is 193 Å². The Kier molecular flexibility index (Phi) is 14.1. The van der Waals surface area contributed by atoms with Crippen molar-refractivity contribution >= 4 is 79.2 Å². The second-order valence-electron chi connectivity index (χ2n) is 27.3. The number of aryl methyl sites for hydroxylation is 4. The van der Waals surface area contributed by atoms with E-state index in [0.29, 0.717) is 0 Å². The normalized spacial score (nSPS) is 12.5. The van der Waals surface area contributed by atoms with Crippen molar-refractivity contribution in [2.75, 3.05) is 9.80 Å². The molecule has 0 N–H and O–H groups in total. The second kappa shape index (κ2) is 23.2. The summed E-state index contributed by atoms with van der Waals surface area (Å²) >= 11 is 0. The van der Waals surface area contributed by atoms with Crippen molar-refractivity contribution in [3.05, 3.63) is 331 Å². The fourth-order valence-electron chi connectivity index (χ4n) is 15.8.